The summed E-state index contributed by atoms with van der Waals surface area (Å²) in [4.78, 5) is 0. The lowest BCUT2D eigenvalue weighted by molar-refractivity contribution is -0.000852. The van der Waals surface area contributed by atoms with Crippen molar-refractivity contribution >= 4 is 0 Å². The lowest BCUT2D eigenvalue weighted by atomic mass is 9.76. The highest BCUT2D eigenvalue weighted by atomic mass is 16.3. The van der Waals surface area contributed by atoms with Gasteiger partial charge in [0, 0.05) is 0 Å². The molecule has 1 fully saturated rings. The first-order valence-corrected chi connectivity index (χ1v) is 6.79. The summed E-state index contributed by atoms with van der Waals surface area (Å²) in [6, 6.07) is 0. The van der Waals surface area contributed by atoms with Crippen LogP contribution in [-0.4, -0.2) is 22.4 Å². The molecular weight excluding hydrogens is 212 g/mol. The van der Waals surface area contributed by atoms with Crippen LogP contribution in [0, 0.1) is 16.7 Å². The van der Waals surface area contributed by atoms with Crippen LogP contribution in [0.3, 0.4) is 0 Å². The maximum atomic E-state index is 10.5. The van der Waals surface area contributed by atoms with Gasteiger partial charge in [-0.05, 0) is 49.4 Å². The lowest BCUT2D eigenvalue weighted by Gasteiger charge is -2.33. The number of rotatable bonds is 0. The Morgan fingerprint density at radius 2 is 1.88 bits per heavy atom. The second-order valence-corrected chi connectivity index (χ2v) is 7.06. The second kappa shape index (κ2) is 4.10. The fourth-order valence-corrected chi connectivity index (χ4v) is 3.17. The van der Waals surface area contributed by atoms with Gasteiger partial charge >= 0.3 is 0 Å². The quantitative estimate of drug-likeness (QED) is 0.637. The molecule has 2 nitrogen and oxygen atoms in total. The van der Waals surface area contributed by atoms with E-state index < -0.39 is 0 Å². The summed E-state index contributed by atoms with van der Waals surface area (Å²) >= 11 is 0. The molecule has 2 aliphatic carbocycles. The summed E-state index contributed by atoms with van der Waals surface area (Å²) in [6.45, 7) is 8.52. The fourth-order valence-electron chi connectivity index (χ4n) is 3.17. The minimum absolute atomic E-state index is 0.0473. The van der Waals surface area contributed by atoms with Crippen molar-refractivity contribution in [1.82, 2.24) is 0 Å². The molecule has 0 radical (unpaired) electrons. The molecule has 4 atom stereocenters. The Bertz CT molecular complexity index is 332. The van der Waals surface area contributed by atoms with Crippen LogP contribution in [0.25, 0.3) is 0 Å². The third-order valence-electron chi connectivity index (χ3n) is 5.08. The summed E-state index contributed by atoms with van der Waals surface area (Å²) in [5.74, 6) is 0.277. The minimum atomic E-state index is -0.302. The zero-order chi connectivity index (χ0) is 12.8. The van der Waals surface area contributed by atoms with Gasteiger partial charge in [-0.2, -0.15) is 0 Å². The van der Waals surface area contributed by atoms with Crippen LogP contribution in [0.5, 0.6) is 0 Å². The molecule has 0 aromatic carbocycles. The summed E-state index contributed by atoms with van der Waals surface area (Å²) in [5.41, 5.74) is 1.21. The van der Waals surface area contributed by atoms with E-state index in [9.17, 15) is 10.2 Å². The second-order valence-electron chi connectivity index (χ2n) is 7.06. The van der Waals surface area contributed by atoms with Gasteiger partial charge in [0.2, 0.25) is 0 Å². The molecule has 0 unspecified atom stereocenters. The van der Waals surface area contributed by atoms with Gasteiger partial charge in [0.05, 0.1) is 12.2 Å². The average Bonchev–Trinajstić information content (AvgIpc) is 2.95. The summed E-state index contributed by atoms with van der Waals surface area (Å²) in [6.07, 6.45) is 5.39. The van der Waals surface area contributed by atoms with Crippen LogP contribution in [0.15, 0.2) is 11.6 Å². The molecule has 1 saturated carbocycles. The topological polar surface area (TPSA) is 40.5 Å². The van der Waals surface area contributed by atoms with Gasteiger partial charge in [-0.1, -0.05) is 32.4 Å². The standard InChI is InChI=1S/C15H26O2/c1-10-5-6-12(16)15(4)9-11(15)13(17)14(2,3)8-7-10/h7,11-13,16-17H,5-6,8-9H2,1-4H3/b10-7+/t11-,12+,13+,15-/m1/s1. The van der Waals surface area contributed by atoms with Crippen molar-refractivity contribution in [3.63, 3.8) is 0 Å². The molecule has 0 saturated heterocycles. The van der Waals surface area contributed by atoms with E-state index in [2.05, 4.69) is 33.8 Å². The highest BCUT2D eigenvalue weighted by Crippen LogP contribution is 2.60. The predicted molar refractivity (Wildman–Crippen MR) is 69.6 cm³/mol. The van der Waals surface area contributed by atoms with Gasteiger partial charge in [-0.3, -0.25) is 0 Å². The van der Waals surface area contributed by atoms with Crippen molar-refractivity contribution in [3.05, 3.63) is 11.6 Å². The van der Waals surface area contributed by atoms with Gasteiger partial charge in [0.15, 0.2) is 0 Å². The molecule has 2 N–H and O–H groups in total. The van der Waals surface area contributed by atoms with E-state index >= 15 is 0 Å². The van der Waals surface area contributed by atoms with Crippen molar-refractivity contribution in [2.75, 3.05) is 0 Å². The lowest BCUT2D eigenvalue weighted by Crippen LogP contribution is -2.35. The Morgan fingerprint density at radius 1 is 1.24 bits per heavy atom. The smallest absolute Gasteiger partial charge is 0.0628 e. The van der Waals surface area contributed by atoms with Gasteiger partial charge < -0.3 is 10.2 Å². The Balaban J connectivity index is 2.24. The van der Waals surface area contributed by atoms with Crippen LogP contribution in [0.2, 0.25) is 0 Å². The Hall–Kier alpha value is -0.340. The molecule has 0 bridgehead atoms. The van der Waals surface area contributed by atoms with E-state index in [0.717, 1.165) is 25.7 Å². The van der Waals surface area contributed by atoms with Crippen LogP contribution in [0.4, 0.5) is 0 Å². The number of fused-ring (bicyclic) bond motifs is 1. The summed E-state index contributed by atoms with van der Waals surface area (Å²) < 4.78 is 0. The third kappa shape index (κ3) is 2.30. The number of allylic oxidation sites excluding steroid dienone is 2. The van der Waals surface area contributed by atoms with E-state index in [0.29, 0.717) is 0 Å². The monoisotopic (exact) mass is 238 g/mol. The van der Waals surface area contributed by atoms with E-state index in [1.54, 1.807) is 0 Å². The summed E-state index contributed by atoms with van der Waals surface area (Å²) in [5, 5.41) is 20.8. The Labute approximate surface area is 105 Å². The zero-order valence-electron chi connectivity index (χ0n) is 11.5. The third-order valence-corrected chi connectivity index (χ3v) is 5.08. The molecule has 2 aliphatic rings. The molecule has 2 rings (SSSR count). The molecule has 0 spiro atoms. The van der Waals surface area contributed by atoms with Crippen LogP contribution < -0.4 is 0 Å². The van der Waals surface area contributed by atoms with Crippen molar-refractivity contribution in [1.29, 1.82) is 0 Å². The van der Waals surface area contributed by atoms with Gasteiger partial charge in [-0.15, -0.1) is 0 Å². The molecular formula is C15H26O2. The van der Waals surface area contributed by atoms with Crippen LogP contribution in [-0.2, 0) is 0 Å². The largest absolute Gasteiger partial charge is 0.393 e. The van der Waals surface area contributed by atoms with Gasteiger partial charge in [0.1, 0.15) is 0 Å². The molecule has 17 heavy (non-hydrogen) atoms. The number of hydrogen-bond donors (Lipinski definition) is 2. The molecule has 0 aromatic rings. The normalized spacial score (nSPS) is 48.8. The highest BCUT2D eigenvalue weighted by Gasteiger charge is 2.60. The SMILES string of the molecule is C/C1=C\CC(C)(C)[C@@H](O)[C@H]2C[C@@]2(C)[C@@H](O)CC1. The van der Waals surface area contributed by atoms with Crippen molar-refractivity contribution in [3.8, 4) is 0 Å². The first kappa shape index (κ1) is 13.1. The maximum absolute atomic E-state index is 10.5. The average molecular weight is 238 g/mol. The number of aliphatic hydroxyl groups is 2. The van der Waals surface area contributed by atoms with E-state index in [1.807, 2.05) is 0 Å². The Morgan fingerprint density at radius 3 is 2.53 bits per heavy atom. The predicted octanol–water partition coefficient (Wildman–Crippen LogP) is 2.89. The molecule has 0 amide bonds. The molecule has 98 valence electrons. The van der Waals surface area contributed by atoms with Gasteiger partial charge in [0.25, 0.3) is 0 Å². The fraction of sp³-hybridized carbons (Fsp3) is 0.867. The summed E-state index contributed by atoms with van der Waals surface area (Å²) in [7, 11) is 0. The van der Waals surface area contributed by atoms with Crippen molar-refractivity contribution in [2.24, 2.45) is 16.7 Å². The zero-order valence-corrected chi connectivity index (χ0v) is 11.5. The first-order valence-electron chi connectivity index (χ1n) is 6.79. The number of aliphatic hydroxyl groups excluding tert-OH is 2. The molecule has 0 aromatic heterocycles. The maximum Gasteiger partial charge on any atom is 0.0628 e. The minimum Gasteiger partial charge on any atom is -0.393 e. The first-order chi connectivity index (χ1) is 7.77. The Kier molecular flexibility index (Phi) is 3.16. The van der Waals surface area contributed by atoms with E-state index in [-0.39, 0.29) is 29.0 Å². The molecule has 0 heterocycles. The highest BCUT2D eigenvalue weighted by molar-refractivity contribution is 5.12. The van der Waals surface area contributed by atoms with Gasteiger partial charge in [-0.25, -0.2) is 0 Å². The van der Waals surface area contributed by atoms with Crippen LogP contribution in [0.1, 0.15) is 53.4 Å². The number of hydrogen-bond acceptors (Lipinski definition) is 2. The molecule has 2 heteroatoms. The molecule has 0 aliphatic heterocycles. The van der Waals surface area contributed by atoms with Crippen molar-refractivity contribution in [2.45, 2.75) is 65.6 Å². The van der Waals surface area contributed by atoms with E-state index in [1.165, 1.54) is 5.57 Å². The van der Waals surface area contributed by atoms with Crippen LogP contribution >= 0.6 is 0 Å². The van der Waals surface area contributed by atoms with Crippen molar-refractivity contribution < 1.29 is 10.2 Å². The van der Waals surface area contributed by atoms with E-state index in [4.69, 9.17) is 0 Å².